The van der Waals surface area contributed by atoms with Crippen LogP contribution in [-0.2, 0) is 17.7 Å². The molecule has 13 nitrogen and oxygen atoms in total. The van der Waals surface area contributed by atoms with E-state index < -0.39 is 5.97 Å². The van der Waals surface area contributed by atoms with Gasteiger partial charge in [0.1, 0.15) is 5.82 Å². The van der Waals surface area contributed by atoms with Crippen LogP contribution in [-0.4, -0.2) is 96.5 Å². The van der Waals surface area contributed by atoms with Crippen molar-refractivity contribution in [2.75, 3.05) is 50.1 Å². The fourth-order valence-corrected chi connectivity index (χ4v) is 12.8. The SMILES string of the molecule is Cc1c(Nc2nc3ccccc3s2)nnc2c1CCCN2c1ccc(-c2cnn(CC34CC5(OCCN(C)CCO)C[C@](C)(C3)C[C@](C)(C4)C5)c2C)c(C(=O)O)n1. The lowest BCUT2D eigenvalue weighted by Crippen LogP contribution is -2.64. The molecule has 0 saturated heterocycles. The predicted molar refractivity (Wildman–Crippen MR) is 222 cm³/mol. The number of benzene rings is 1. The number of carboxylic acid groups (broad SMARTS) is 1. The lowest BCUT2D eigenvalue weighted by Gasteiger charge is -2.69. The van der Waals surface area contributed by atoms with Gasteiger partial charge in [0.2, 0.25) is 0 Å². The van der Waals surface area contributed by atoms with Crippen LogP contribution in [0.15, 0.2) is 42.6 Å². The molecule has 4 bridgehead atoms. The molecular formula is C43H53N9O4S. The molecule has 57 heavy (non-hydrogen) atoms. The van der Waals surface area contributed by atoms with Crippen LogP contribution in [0.25, 0.3) is 21.3 Å². The topological polar surface area (TPSA) is 155 Å². The Morgan fingerprint density at radius 3 is 2.53 bits per heavy atom. The number of aliphatic hydroxyl groups is 1. The van der Waals surface area contributed by atoms with Gasteiger partial charge in [0.05, 0.1) is 35.2 Å². The van der Waals surface area contributed by atoms with Gasteiger partial charge in [-0.15, -0.1) is 10.2 Å². The molecule has 2 unspecified atom stereocenters. The van der Waals surface area contributed by atoms with E-state index in [1.165, 1.54) is 6.42 Å². The van der Waals surface area contributed by atoms with E-state index >= 15 is 0 Å². The van der Waals surface area contributed by atoms with Crippen LogP contribution in [0.1, 0.15) is 86.1 Å². The number of carboxylic acids is 1. The van der Waals surface area contributed by atoms with Crippen molar-refractivity contribution >= 4 is 50.1 Å². The molecule has 0 radical (unpaired) electrons. The summed E-state index contributed by atoms with van der Waals surface area (Å²) < 4.78 is 10.1. The molecule has 4 aromatic heterocycles. The maximum atomic E-state index is 12.9. The highest BCUT2D eigenvalue weighted by molar-refractivity contribution is 7.22. The zero-order valence-corrected chi connectivity index (χ0v) is 34.5. The van der Waals surface area contributed by atoms with Gasteiger partial charge < -0.3 is 30.1 Å². The Hall–Kier alpha value is -4.50. The molecule has 4 saturated carbocycles. The normalized spacial score (nSPS) is 26.4. The summed E-state index contributed by atoms with van der Waals surface area (Å²) in [5.74, 6) is 0.814. The number of aromatic carboxylic acids is 1. The minimum absolute atomic E-state index is 0.00516. The first kappa shape index (κ1) is 38.0. The second kappa shape index (κ2) is 14.1. The molecule has 4 fully saturated rings. The number of carbonyl (C=O) groups is 1. The Kier molecular flexibility index (Phi) is 9.41. The third-order valence-corrected chi connectivity index (χ3v) is 14.1. The average molecular weight is 792 g/mol. The largest absolute Gasteiger partial charge is 0.476 e. The standard InChI is InChI=1S/C43H53N9O4S/c1-27-29-9-8-14-51(37(29)49-48-36(27)47-39-45-32-10-6-7-11-33(32)57-39)34-13-12-30(35(46-34)38(54)55)31-19-44-52(28(31)2)26-42-21-40(3)20-41(4,22-42)24-43(23-40,25-42)56-18-16-50(5)15-17-53/h6-7,10-13,19,53H,8-9,14-18,20-26H2,1-5H3,(H,54,55)(H,45,47,48)/t40-,41+,42?,43?. The van der Waals surface area contributed by atoms with Crippen LogP contribution in [0, 0.1) is 30.1 Å². The summed E-state index contributed by atoms with van der Waals surface area (Å²) in [6.07, 6.45) is 10.2. The molecule has 3 N–H and O–H groups in total. The first-order valence-electron chi connectivity index (χ1n) is 20.3. The first-order valence-corrected chi connectivity index (χ1v) is 21.1. The van der Waals surface area contributed by atoms with Crippen LogP contribution in [0.2, 0.25) is 0 Å². The monoisotopic (exact) mass is 791 g/mol. The van der Waals surface area contributed by atoms with Gasteiger partial charge in [0.25, 0.3) is 0 Å². The smallest absolute Gasteiger partial charge is 0.355 e. The second-order valence-electron chi connectivity index (χ2n) is 18.3. The number of aromatic nitrogens is 6. The van der Waals surface area contributed by atoms with Crippen LogP contribution in [0.5, 0.6) is 0 Å². The molecular weight excluding hydrogens is 739 g/mol. The van der Waals surface area contributed by atoms with Crippen molar-refractivity contribution in [3.05, 3.63) is 65.1 Å². The van der Waals surface area contributed by atoms with Crippen molar-refractivity contribution < 1.29 is 19.7 Å². The highest BCUT2D eigenvalue weighted by atomic mass is 32.1. The minimum atomic E-state index is -1.08. The third kappa shape index (κ3) is 6.98. The molecule has 1 aliphatic heterocycles. The Labute approximate surface area is 337 Å². The molecule has 5 aliphatic rings. The number of thiazole rings is 1. The van der Waals surface area contributed by atoms with E-state index in [9.17, 15) is 15.0 Å². The number of fused-ring (bicyclic) bond motifs is 2. The molecule has 0 spiro atoms. The quantitative estimate of drug-likeness (QED) is 0.108. The van der Waals surface area contributed by atoms with Gasteiger partial charge in [0, 0.05) is 54.1 Å². The Bertz CT molecular complexity index is 2310. The van der Waals surface area contributed by atoms with Crippen molar-refractivity contribution in [2.45, 2.75) is 91.2 Å². The van der Waals surface area contributed by atoms with E-state index in [0.29, 0.717) is 42.7 Å². The number of nitrogens with one attached hydrogen (secondary N) is 1. The van der Waals surface area contributed by atoms with Crippen molar-refractivity contribution in [3.8, 4) is 11.1 Å². The van der Waals surface area contributed by atoms with Crippen molar-refractivity contribution in [2.24, 2.45) is 16.2 Å². The molecule has 4 aliphatic carbocycles. The highest BCUT2D eigenvalue weighted by Crippen LogP contribution is 2.72. The summed E-state index contributed by atoms with van der Waals surface area (Å²) in [4.78, 5) is 26.5. The van der Waals surface area contributed by atoms with Gasteiger partial charge in [0.15, 0.2) is 22.5 Å². The van der Waals surface area contributed by atoms with Crippen molar-refractivity contribution in [3.63, 3.8) is 0 Å². The van der Waals surface area contributed by atoms with Crippen molar-refractivity contribution in [1.82, 2.24) is 34.8 Å². The fourth-order valence-electron chi connectivity index (χ4n) is 12.0. The average Bonchev–Trinajstić information content (AvgIpc) is 3.72. The van der Waals surface area contributed by atoms with Gasteiger partial charge in [-0.2, -0.15) is 5.10 Å². The van der Waals surface area contributed by atoms with E-state index in [0.717, 1.165) is 95.8 Å². The number of aliphatic hydroxyl groups excluding tert-OH is 1. The Morgan fingerprint density at radius 1 is 0.982 bits per heavy atom. The minimum Gasteiger partial charge on any atom is -0.476 e. The van der Waals surface area contributed by atoms with Crippen LogP contribution in [0.3, 0.4) is 0 Å². The summed E-state index contributed by atoms with van der Waals surface area (Å²) in [5, 5.41) is 38.3. The van der Waals surface area contributed by atoms with E-state index in [2.05, 4.69) is 45.0 Å². The maximum absolute atomic E-state index is 12.9. The number of anilines is 4. The number of hydrogen-bond donors (Lipinski definition) is 3. The highest BCUT2D eigenvalue weighted by Gasteiger charge is 2.66. The van der Waals surface area contributed by atoms with Gasteiger partial charge >= 0.3 is 5.97 Å². The molecule has 5 heterocycles. The maximum Gasteiger partial charge on any atom is 0.355 e. The summed E-state index contributed by atoms with van der Waals surface area (Å²) in [6, 6.07) is 11.8. The first-order chi connectivity index (χ1) is 27.3. The summed E-state index contributed by atoms with van der Waals surface area (Å²) in [7, 11) is 2.03. The fraction of sp³-hybridized carbons (Fsp3) is 0.535. The van der Waals surface area contributed by atoms with Gasteiger partial charge in [-0.1, -0.05) is 37.3 Å². The zero-order chi connectivity index (χ0) is 39.7. The number of nitrogens with zero attached hydrogens (tertiary/aromatic N) is 8. The van der Waals surface area contributed by atoms with Crippen molar-refractivity contribution in [1.29, 1.82) is 0 Å². The molecule has 5 aromatic rings. The molecule has 10 rings (SSSR count). The Morgan fingerprint density at radius 2 is 1.77 bits per heavy atom. The summed E-state index contributed by atoms with van der Waals surface area (Å²) in [5.41, 5.74) is 5.54. The lowest BCUT2D eigenvalue weighted by molar-refractivity contribution is -0.248. The number of ether oxygens (including phenoxy) is 1. The van der Waals surface area contributed by atoms with E-state index in [1.807, 2.05) is 62.3 Å². The van der Waals surface area contributed by atoms with Gasteiger partial charge in [-0.3, -0.25) is 4.68 Å². The van der Waals surface area contributed by atoms with E-state index in [4.69, 9.17) is 19.8 Å². The number of pyridine rings is 1. The van der Waals surface area contributed by atoms with Gasteiger partial charge in [-0.25, -0.2) is 14.8 Å². The number of hydrogen-bond acceptors (Lipinski definition) is 12. The molecule has 14 heteroatoms. The molecule has 4 atom stereocenters. The lowest BCUT2D eigenvalue weighted by atomic mass is 9.39. The molecule has 1 aromatic carbocycles. The predicted octanol–water partition coefficient (Wildman–Crippen LogP) is 7.55. The third-order valence-electron chi connectivity index (χ3n) is 13.2. The Balaban J connectivity index is 0.969. The van der Waals surface area contributed by atoms with Gasteiger partial charge in [-0.05, 0) is 113 Å². The molecule has 0 amide bonds. The number of likely N-dealkylation sites (N-methyl/N-ethyl adjacent to an activating group) is 1. The van der Waals surface area contributed by atoms with Crippen LogP contribution in [0.4, 0.5) is 22.6 Å². The number of para-hydroxylation sites is 1. The summed E-state index contributed by atoms with van der Waals surface area (Å²) in [6.45, 7) is 12.7. The van der Waals surface area contributed by atoms with Crippen LogP contribution >= 0.6 is 11.3 Å². The van der Waals surface area contributed by atoms with E-state index in [-0.39, 0.29) is 34.1 Å². The van der Waals surface area contributed by atoms with E-state index in [1.54, 1.807) is 11.3 Å². The number of rotatable bonds is 13. The van der Waals surface area contributed by atoms with Crippen LogP contribution < -0.4 is 10.2 Å². The zero-order valence-electron chi connectivity index (χ0n) is 33.6. The molecule has 300 valence electrons. The second-order valence-corrected chi connectivity index (χ2v) is 19.3. The summed E-state index contributed by atoms with van der Waals surface area (Å²) >= 11 is 1.58.